The van der Waals surface area contributed by atoms with Crippen LogP contribution in [0.4, 0.5) is 15.8 Å². The molecular weight excluding hydrogens is 257 g/mol. The maximum atomic E-state index is 13.6. The molecule has 0 fully saturated rings. The summed E-state index contributed by atoms with van der Waals surface area (Å²) in [7, 11) is 0. The normalized spacial score (nSPS) is 10.2. The largest absolute Gasteiger partial charge is 0.384 e. The molecular formula is C15H16FN3O. The Morgan fingerprint density at radius 2 is 2.10 bits per heavy atom. The topological polar surface area (TPSA) is 54.0 Å². The van der Waals surface area contributed by atoms with Crippen LogP contribution in [0, 0.1) is 12.7 Å². The van der Waals surface area contributed by atoms with Gasteiger partial charge in [-0.2, -0.15) is 0 Å². The van der Waals surface area contributed by atoms with E-state index in [-0.39, 0.29) is 11.4 Å². The van der Waals surface area contributed by atoms with Gasteiger partial charge in [0.25, 0.3) is 5.91 Å². The maximum absolute atomic E-state index is 13.6. The van der Waals surface area contributed by atoms with Crippen LogP contribution in [0.3, 0.4) is 0 Å². The fourth-order valence-electron chi connectivity index (χ4n) is 1.74. The van der Waals surface area contributed by atoms with E-state index in [1.165, 1.54) is 12.1 Å². The molecule has 0 spiro atoms. The summed E-state index contributed by atoms with van der Waals surface area (Å²) >= 11 is 0. The van der Waals surface area contributed by atoms with E-state index in [2.05, 4.69) is 15.6 Å². The molecule has 0 unspecified atom stereocenters. The van der Waals surface area contributed by atoms with Crippen molar-refractivity contribution in [1.29, 1.82) is 0 Å². The summed E-state index contributed by atoms with van der Waals surface area (Å²) in [5, 5.41) is 5.59. The fourth-order valence-corrected chi connectivity index (χ4v) is 1.74. The average Bonchev–Trinajstić information content (AvgIpc) is 2.43. The van der Waals surface area contributed by atoms with Gasteiger partial charge in [0.1, 0.15) is 11.5 Å². The zero-order chi connectivity index (χ0) is 14.5. The predicted molar refractivity (Wildman–Crippen MR) is 77.5 cm³/mol. The van der Waals surface area contributed by atoms with Crippen molar-refractivity contribution in [3.63, 3.8) is 0 Å². The molecule has 0 atom stereocenters. The Morgan fingerprint density at radius 1 is 1.30 bits per heavy atom. The molecule has 1 aromatic heterocycles. The number of hydrogen-bond donors (Lipinski definition) is 2. The number of anilines is 2. The van der Waals surface area contributed by atoms with Gasteiger partial charge in [0.2, 0.25) is 0 Å². The number of aryl methyl sites for hydroxylation is 1. The molecule has 0 bridgehead atoms. The molecule has 2 rings (SSSR count). The summed E-state index contributed by atoms with van der Waals surface area (Å²) in [5.41, 5.74) is 2.03. The molecule has 0 radical (unpaired) electrons. The van der Waals surface area contributed by atoms with Crippen molar-refractivity contribution in [3.8, 4) is 0 Å². The number of hydrogen-bond acceptors (Lipinski definition) is 3. The lowest BCUT2D eigenvalue weighted by Crippen LogP contribution is -2.14. The monoisotopic (exact) mass is 273 g/mol. The molecule has 1 aromatic carbocycles. The molecule has 1 heterocycles. The molecule has 0 aliphatic rings. The smallest absolute Gasteiger partial charge is 0.274 e. The van der Waals surface area contributed by atoms with Gasteiger partial charge in [-0.25, -0.2) is 9.37 Å². The lowest BCUT2D eigenvalue weighted by Gasteiger charge is -2.07. The van der Waals surface area contributed by atoms with E-state index in [0.29, 0.717) is 0 Å². The molecule has 0 aliphatic heterocycles. The Hall–Kier alpha value is -2.43. The number of amides is 1. The SMILES string of the molecule is CCNc1ccc(C(=O)Nc2ccc(C)cc2F)nc1. The van der Waals surface area contributed by atoms with E-state index < -0.39 is 11.7 Å². The average molecular weight is 273 g/mol. The van der Waals surface area contributed by atoms with Crippen LogP contribution in [0.15, 0.2) is 36.5 Å². The third-order valence-electron chi connectivity index (χ3n) is 2.75. The first-order chi connectivity index (χ1) is 9.60. The van der Waals surface area contributed by atoms with Crippen LogP contribution in [-0.4, -0.2) is 17.4 Å². The fraction of sp³-hybridized carbons (Fsp3) is 0.200. The van der Waals surface area contributed by atoms with Crippen molar-refractivity contribution >= 4 is 17.3 Å². The molecule has 2 aromatic rings. The Balaban J connectivity index is 2.11. The summed E-state index contributed by atoms with van der Waals surface area (Å²) < 4.78 is 13.6. The van der Waals surface area contributed by atoms with Crippen molar-refractivity contribution in [2.75, 3.05) is 17.2 Å². The zero-order valence-electron chi connectivity index (χ0n) is 11.4. The van der Waals surface area contributed by atoms with Crippen molar-refractivity contribution in [2.24, 2.45) is 0 Å². The van der Waals surface area contributed by atoms with Gasteiger partial charge in [0.15, 0.2) is 0 Å². The van der Waals surface area contributed by atoms with E-state index in [4.69, 9.17) is 0 Å². The summed E-state index contributed by atoms with van der Waals surface area (Å²) in [6, 6.07) is 8.00. The van der Waals surface area contributed by atoms with E-state index in [0.717, 1.165) is 17.8 Å². The summed E-state index contributed by atoms with van der Waals surface area (Å²) in [6.45, 7) is 4.54. The zero-order valence-corrected chi connectivity index (χ0v) is 11.4. The number of nitrogens with zero attached hydrogens (tertiary/aromatic N) is 1. The Morgan fingerprint density at radius 3 is 2.70 bits per heavy atom. The third kappa shape index (κ3) is 3.32. The second-order valence-corrected chi connectivity index (χ2v) is 4.40. The van der Waals surface area contributed by atoms with Crippen LogP contribution >= 0.6 is 0 Å². The highest BCUT2D eigenvalue weighted by Gasteiger charge is 2.10. The molecule has 2 N–H and O–H groups in total. The van der Waals surface area contributed by atoms with Gasteiger partial charge in [-0.1, -0.05) is 6.07 Å². The van der Waals surface area contributed by atoms with Gasteiger partial charge in [-0.15, -0.1) is 0 Å². The highest BCUT2D eigenvalue weighted by Crippen LogP contribution is 2.16. The van der Waals surface area contributed by atoms with Gasteiger partial charge in [-0.3, -0.25) is 4.79 Å². The van der Waals surface area contributed by atoms with Gasteiger partial charge in [0, 0.05) is 6.54 Å². The number of aromatic nitrogens is 1. The molecule has 1 amide bonds. The van der Waals surface area contributed by atoms with Gasteiger partial charge < -0.3 is 10.6 Å². The Bertz CT molecular complexity index is 611. The molecule has 4 nitrogen and oxygen atoms in total. The number of carbonyl (C=O) groups excluding carboxylic acids is 1. The highest BCUT2D eigenvalue weighted by molar-refractivity contribution is 6.03. The van der Waals surface area contributed by atoms with E-state index in [1.54, 1.807) is 31.3 Å². The van der Waals surface area contributed by atoms with Crippen LogP contribution in [-0.2, 0) is 0 Å². The minimum atomic E-state index is -0.456. The van der Waals surface area contributed by atoms with Gasteiger partial charge in [0.05, 0.1) is 17.6 Å². The van der Waals surface area contributed by atoms with E-state index in [9.17, 15) is 9.18 Å². The Labute approximate surface area is 117 Å². The van der Waals surface area contributed by atoms with Crippen molar-refractivity contribution in [3.05, 3.63) is 53.6 Å². The second kappa shape index (κ2) is 6.14. The molecule has 104 valence electrons. The van der Waals surface area contributed by atoms with Crippen LogP contribution in [0.2, 0.25) is 0 Å². The van der Waals surface area contributed by atoms with Crippen LogP contribution in [0.1, 0.15) is 23.0 Å². The maximum Gasteiger partial charge on any atom is 0.274 e. The lowest BCUT2D eigenvalue weighted by atomic mass is 10.2. The molecule has 0 saturated heterocycles. The van der Waals surface area contributed by atoms with Crippen molar-refractivity contribution in [1.82, 2.24) is 4.98 Å². The standard InChI is InChI=1S/C15H16FN3O/c1-3-17-11-5-7-14(18-9-11)15(20)19-13-6-4-10(2)8-12(13)16/h4-9,17H,3H2,1-2H3,(H,19,20). The van der Waals surface area contributed by atoms with Crippen molar-refractivity contribution < 1.29 is 9.18 Å². The van der Waals surface area contributed by atoms with Gasteiger partial charge >= 0.3 is 0 Å². The third-order valence-corrected chi connectivity index (χ3v) is 2.75. The summed E-state index contributed by atoms with van der Waals surface area (Å²) in [4.78, 5) is 16.0. The lowest BCUT2D eigenvalue weighted by molar-refractivity contribution is 0.102. The van der Waals surface area contributed by atoms with E-state index in [1.807, 2.05) is 6.92 Å². The molecule has 0 aliphatic carbocycles. The molecule has 20 heavy (non-hydrogen) atoms. The number of pyridine rings is 1. The predicted octanol–water partition coefficient (Wildman–Crippen LogP) is 3.21. The Kier molecular flexibility index (Phi) is 4.30. The number of carbonyl (C=O) groups is 1. The first-order valence-corrected chi connectivity index (χ1v) is 6.37. The first-order valence-electron chi connectivity index (χ1n) is 6.37. The van der Waals surface area contributed by atoms with Crippen LogP contribution in [0.5, 0.6) is 0 Å². The van der Waals surface area contributed by atoms with Gasteiger partial charge in [-0.05, 0) is 43.7 Å². The second-order valence-electron chi connectivity index (χ2n) is 4.40. The first kappa shape index (κ1) is 14.0. The van der Waals surface area contributed by atoms with Crippen LogP contribution in [0.25, 0.3) is 0 Å². The quantitative estimate of drug-likeness (QED) is 0.899. The summed E-state index contributed by atoms with van der Waals surface area (Å²) in [5.74, 6) is -0.890. The number of rotatable bonds is 4. The minimum absolute atomic E-state index is 0.151. The minimum Gasteiger partial charge on any atom is -0.384 e. The number of nitrogens with one attached hydrogen (secondary N) is 2. The summed E-state index contributed by atoms with van der Waals surface area (Å²) in [6.07, 6.45) is 1.57. The molecule has 5 heteroatoms. The van der Waals surface area contributed by atoms with Crippen molar-refractivity contribution in [2.45, 2.75) is 13.8 Å². The van der Waals surface area contributed by atoms with E-state index >= 15 is 0 Å². The van der Waals surface area contributed by atoms with Crippen LogP contribution < -0.4 is 10.6 Å². The highest BCUT2D eigenvalue weighted by atomic mass is 19.1. The number of benzene rings is 1. The number of halogens is 1. The molecule has 0 saturated carbocycles.